The van der Waals surface area contributed by atoms with E-state index >= 15 is 0 Å². The standard InChI is InChI=1S/C24H17F2N3O4S/c25-16-8-9-19(26)20(11-16)29-22(30)13-33-24(32)18-6-1-2-7-21(18)34-14-23(31)28-17-5-3-4-15(10-17)12-27/h1-11H,13-14H2,(H,28,31)(H,29,30). The Balaban J connectivity index is 1.55. The number of nitrogens with one attached hydrogen (secondary N) is 2. The van der Waals surface area contributed by atoms with E-state index in [1.54, 1.807) is 36.4 Å². The van der Waals surface area contributed by atoms with Gasteiger partial charge >= 0.3 is 5.97 Å². The van der Waals surface area contributed by atoms with Crippen LogP contribution in [0, 0.1) is 23.0 Å². The van der Waals surface area contributed by atoms with Gasteiger partial charge in [0.25, 0.3) is 5.91 Å². The van der Waals surface area contributed by atoms with Gasteiger partial charge in [0.2, 0.25) is 5.91 Å². The lowest BCUT2D eigenvalue weighted by Crippen LogP contribution is -2.22. The predicted molar refractivity (Wildman–Crippen MR) is 122 cm³/mol. The number of anilines is 2. The number of nitriles is 1. The molecule has 0 atom stereocenters. The molecule has 3 rings (SSSR count). The summed E-state index contributed by atoms with van der Waals surface area (Å²) >= 11 is 1.08. The number of carbonyl (C=O) groups is 3. The van der Waals surface area contributed by atoms with Crippen molar-refractivity contribution in [3.8, 4) is 6.07 Å². The van der Waals surface area contributed by atoms with Gasteiger partial charge in [0.05, 0.1) is 28.6 Å². The molecule has 7 nitrogen and oxygen atoms in total. The van der Waals surface area contributed by atoms with Crippen LogP contribution in [-0.4, -0.2) is 30.1 Å². The van der Waals surface area contributed by atoms with Crippen LogP contribution < -0.4 is 10.6 Å². The molecule has 0 saturated heterocycles. The van der Waals surface area contributed by atoms with Crippen molar-refractivity contribution in [3.63, 3.8) is 0 Å². The fourth-order valence-corrected chi connectivity index (χ4v) is 3.60. The maximum Gasteiger partial charge on any atom is 0.339 e. The Labute approximate surface area is 197 Å². The number of benzene rings is 3. The number of hydrogen-bond acceptors (Lipinski definition) is 6. The molecule has 0 aliphatic heterocycles. The Morgan fingerprint density at radius 1 is 0.941 bits per heavy atom. The van der Waals surface area contributed by atoms with Gasteiger partial charge in [-0.2, -0.15) is 5.26 Å². The third kappa shape index (κ3) is 6.88. The van der Waals surface area contributed by atoms with E-state index in [0.717, 1.165) is 30.0 Å². The third-order valence-electron chi connectivity index (χ3n) is 4.28. The first-order valence-corrected chi connectivity index (χ1v) is 10.8. The summed E-state index contributed by atoms with van der Waals surface area (Å²) in [4.78, 5) is 37.2. The Morgan fingerprint density at radius 3 is 2.53 bits per heavy atom. The molecule has 34 heavy (non-hydrogen) atoms. The van der Waals surface area contributed by atoms with Crippen LogP contribution in [0.3, 0.4) is 0 Å². The molecule has 0 heterocycles. The van der Waals surface area contributed by atoms with E-state index in [9.17, 15) is 23.2 Å². The number of esters is 1. The molecule has 0 aliphatic carbocycles. The van der Waals surface area contributed by atoms with Gasteiger partial charge in [0, 0.05) is 16.6 Å². The average molecular weight is 481 g/mol. The van der Waals surface area contributed by atoms with Gasteiger partial charge in [-0.3, -0.25) is 9.59 Å². The zero-order chi connectivity index (χ0) is 24.5. The minimum Gasteiger partial charge on any atom is -0.452 e. The minimum atomic E-state index is -0.845. The Morgan fingerprint density at radius 2 is 1.74 bits per heavy atom. The summed E-state index contributed by atoms with van der Waals surface area (Å²) in [6.07, 6.45) is 0. The molecule has 0 bridgehead atoms. The van der Waals surface area contributed by atoms with Crippen LogP contribution in [-0.2, 0) is 14.3 Å². The zero-order valence-electron chi connectivity index (χ0n) is 17.5. The highest BCUT2D eigenvalue weighted by molar-refractivity contribution is 8.00. The number of thioether (sulfide) groups is 1. The maximum atomic E-state index is 13.6. The highest BCUT2D eigenvalue weighted by Crippen LogP contribution is 2.24. The molecule has 3 aromatic rings. The molecule has 0 fully saturated rings. The van der Waals surface area contributed by atoms with Crippen molar-refractivity contribution in [3.05, 3.63) is 89.5 Å². The van der Waals surface area contributed by atoms with Crippen LogP contribution in [0.15, 0.2) is 71.6 Å². The quantitative estimate of drug-likeness (QED) is 0.366. The van der Waals surface area contributed by atoms with Crippen molar-refractivity contribution in [2.24, 2.45) is 0 Å². The lowest BCUT2D eigenvalue weighted by Gasteiger charge is -2.10. The van der Waals surface area contributed by atoms with Crippen LogP contribution in [0.2, 0.25) is 0 Å². The molecule has 0 radical (unpaired) electrons. The molecule has 0 saturated carbocycles. The molecule has 172 valence electrons. The molecule has 0 aliphatic rings. The van der Waals surface area contributed by atoms with Gasteiger partial charge in [0.1, 0.15) is 11.6 Å². The summed E-state index contributed by atoms with van der Waals surface area (Å²) < 4.78 is 31.8. The number of ether oxygens (including phenoxy) is 1. The molecule has 0 aromatic heterocycles. The van der Waals surface area contributed by atoms with Crippen LogP contribution in [0.4, 0.5) is 20.2 Å². The second kappa shape index (κ2) is 11.6. The first kappa shape index (κ1) is 24.4. The summed E-state index contributed by atoms with van der Waals surface area (Å²) in [6.45, 7) is -0.719. The van der Waals surface area contributed by atoms with Gasteiger partial charge in [0.15, 0.2) is 6.61 Å². The van der Waals surface area contributed by atoms with E-state index in [-0.39, 0.29) is 22.9 Å². The Hall–Kier alpha value is -4.23. The van der Waals surface area contributed by atoms with Gasteiger partial charge in [-0.05, 0) is 42.5 Å². The highest BCUT2D eigenvalue weighted by atomic mass is 32.2. The fraction of sp³-hybridized carbons (Fsp3) is 0.0833. The Bertz CT molecular complexity index is 1280. The van der Waals surface area contributed by atoms with Crippen molar-refractivity contribution >= 4 is 40.9 Å². The van der Waals surface area contributed by atoms with E-state index in [0.29, 0.717) is 16.1 Å². The molecule has 3 aromatic carbocycles. The van der Waals surface area contributed by atoms with E-state index in [1.165, 1.54) is 12.1 Å². The molecular weight excluding hydrogens is 464 g/mol. The summed E-state index contributed by atoms with van der Waals surface area (Å²) in [6, 6.07) is 17.4. The van der Waals surface area contributed by atoms with Gasteiger partial charge in [-0.25, -0.2) is 13.6 Å². The number of carbonyl (C=O) groups excluding carboxylic acids is 3. The topological polar surface area (TPSA) is 108 Å². The first-order valence-electron chi connectivity index (χ1n) is 9.79. The summed E-state index contributed by atoms with van der Waals surface area (Å²) in [5, 5.41) is 13.7. The minimum absolute atomic E-state index is 0.0274. The van der Waals surface area contributed by atoms with Gasteiger partial charge in [-0.1, -0.05) is 18.2 Å². The maximum absolute atomic E-state index is 13.6. The number of amides is 2. The van der Waals surface area contributed by atoms with Crippen molar-refractivity contribution in [2.45, 2.75) is 4.90 Å². The van der Waals surface area contributed by atoms with E-state index in [2.05, 4.69) is 10.6 Å². The number of nitrogens with zero attached hydrogens (tertiary/aromatic N) is 1. The van der Waals surface area contributed by atoms with Gasteiger partial charge < -0.3 is 15.4 Å². The number of hydrogen-bond donors (Lipinski definition) is 2. The second-order valence-corrected chi connectivity index (χ2v) is 7.79. The summed E-state index contributed by atoms with van der Waals surface area (Å²) in [5.74, 6) is -3.61. The first-order chi connectivity index (χ1) is 16.4. The molecular formula is C24H17F2N3O4S. The van der Waals surface area contributed by atoms with Crippen molar-refractivity contribution < 1.29 is 27.9 Å². The fourth-order valence-electron chi connectivity index (χ4n) is 2.76. The number of halogens is 2. The van der Waals surface area contributed by atoms with Crippen molar-refractivity contribution in [2.75, 3.05) is 23.0 Å². The summed E-state index contributed by atoms with van der Waals surface area (Å²) in [7, 11) is 0. The molecule has 2 amide bonds. The van der Waals surface area contributed by atoms with Crippen LogP contribution in [0.5, 0.6) is 0 Å². The van der Waals surface area contributed by atoms with Crippen LogP contribution >= 0.6 is 11.8 Å². The Kier molecular flexibility index (Phi) is 8.32. The summed E-state index contributed by atoms with van der Waals surface area (Å²) in [5.41, 5.74) is 0.639. The SMILES string of the molecule is N#Cc1cccc(NC(=O)CSc2ccccc2C(=O)OCC(=O)Nc2cc(F)ccc2F)c1. The van der Waals surface area contributed by atoms with E-state index < -0.39 is 30.1 Å². The van der Waals surface area contributed by atoms with Crippen molar-refractivity contribution in [1.82, 2.24) is 0 Å². The zero-order valence-corrected chi connectivity index (χ0v) is 18.3. The third-order valence-corrected chi connectivity index (χ3v) is 5.35. The van der Waals surface area contributed by atoms with E-state index in [4.69, 9.17) is 10.00 Å². The lowest BCUT2D eigenvalue weighted by atomic mass is 10.2. The lowest BCUT2D eigenvalue weighted by molar-refractivity contribution is -0.119. The largest absolute Gasteiger partial charge is 0.452 e. The predicted octanol–water partition coefficient (Wildman–Crippen LogP) is 4.36. The average Bonchev–Trinajstić information content (AvgIpc) is 2.84. The molecule has 10 heteroatoms. The highest BCUT2D eigenvalue weighted by Gasteiger charge is 2.16. The number of rotatable bonds is 8. The van der Waals surface area contributed by atoms with Gasteiger partial charge in [-0.15, -0.1) is 11.8 Å². The van der Waals surface area contributed by atoms with E-state index in [1.807, 2.05) is 6.07 Å². The molecule has 2 N–H and O–H groups in total. The normalized spacial score (nSPS) is 10.1. The van der Waals surface area contributed by atoms with Crippen LogP contribution in [0.25, 0.3) is 0 Å². The monoisotopic (exact) mass is 481 g/mol. The molecule has 0 spiro atoms. The van der Waals surface area contributed by atoms with Crippen LogP contribution in [0.1, 0.15) is 15.9 Å². The van der Waals surface area contributed by atoms with Crippen molar-refractivity contribution in [1.29, 1.82) is 5.26 Å². The second-order valence-electron chi connectivity index (χ2n) is 6.77. The molecule has 0 unspecified atom stereocenters. The smallest absolute Gasteiger partial charge is 0.339 e.